The van der Waals surface area contributed by atoms with Crippen LogP contribution in [0.15, 0.2) is 11.4 Å². The number of rotatable bonds is 4. The van der Waals surface area contributed by atoms with Crippen LogP contribution in [0.5, 0.6) is 0 Å². The molecule has 9 heteroatoms. The molecular weight excluding hydrogens is 256 g/mol. The fourth-order valence-electron chi connectivity index (χ4n) is 0.921. The van der Waals surface area contributed by atoms with Crippen LogP contribution in [0.25, 0.3) is 0 Å². The second kappa shape index (κ2) is 4.40. The van der Waals surface area contributed by atoms with Crippen LogP contribution in [-0.2, 0) is 21.9 Å². The minimum Gasteiger partial charge on any atom is -0.368 e. The number of nitrogens with one attached hydrogen (secondary N) is 1. The predicted molar refractivity (Wildman–Crippen MR) is 57.2 cm³/mol. The molecule has 3 N–H and O–H groups in total. The lowest BCUT2D eigenvalue weighted by atomic mass is 10.4. The number of aryl methyl sites for hydroxylation is 1. The summed E-state index contributed by atoms with van der Waals surface area (Å²) in [5.41, 5.74) is 4.94. The molecule has 1 aromatic rings. The van der Waals surface area contributed by atoms with Gasteiger partial charge in [0.25, 0.3) is 10.0 Å². The number of aromatic nitrogens is 2. The molecule has 0 bridgehead atoms. The Hall–Kier alpha value is -1.12. The normalized spacial score (nSPS) is 13.7. The summed E-state index contributed by atoms with van der Waals surface area (Å²) in [6.45, 7) is 1.33. The Kier molecular flexibility index (Phi) is 3.56. The fourth-order valence-corrected chi connectivity index (χ4v) is 2.56. The third-order valence-corrected chi connectivity index (χ3v) is 3.88. The minimum absolute atomic E-state index is 0.0378. The quantitative estimate of drug-likeness (QED) is 0.746. The van der Waals surface area contributed by atoms with E-state index in [2.05, 4.69) is 9.71 Å². The van der Waals surface area contributed by atoms with Crippen LogP contribution in [0.3, 0.4) is 0 Å². The van der Waals surface area contributed by atoms with Gasteiger partial charge in [0.1, 0.15) is 5.15 Å². The van der Waals surface area contributed by atoms with Crippen LogP contribution in [0, 0.1) is 0 Å². The van der Waals surface area contributed by atoms with Crippen molar-refractivity contribution >= 4 is 27.5 Å². The molecule has 1 rings (SSSR count). The van der Waals surface area contributed by atoms with Crippen molar-refractivity contribution in [2.24, 2.45) is 12.8 Å². The highest BCUT2D eigenvalue weighted by Gasteiger charge is 2.25. The summed E-state index contributed by atoms with van der Waals surface area (Å²) >= 11 is 5.72. The molecule has 0 saturated carbocycles. The van der Waals surface area contributed by atoms with E-state index in [1.807, 2.05) is 0 Å². The number of hydrogen-bond acceptors (Lipinski definition) is 4. The summed E-state index contributed by atoms with van der Waals surface area (Å²) in [5.74, 6) is -0.782. The van der Waals surface area contributed by atoms with E-state index in [1.165, 1.54) is 17.8 Å². The molecule has 0 aliphatic rings. The predicted octanol–water partition coefficient (Wildman–Crippen LogP) is -0.774. The number of amides is 1. The standard InChI is InChI=1S/C7H11ClN4O3S/c1-4(6(9)13)11-16(14,15)7-5(8)12(2)3-10-7/h3-4,11H,1-2H3,(H2,9,13). The van der Waals surface area contributed by atoms with Gasteiger partial charge >= 0.3 is 0 Å². The van der Waals surface area contributed by atoms with Gasteiger partial charge in [-0.25, -0.2) is 13.4 Å². The molecule has 1 atom stereocenters. The van der Waals surface area contributed by atoms with Gasteiger partial charge in [0.05, 0.1) is 12.4 Å². The van der Waals surface area contributed by atoms with Crippen LogP contribution < -0.4 is 10.5 Å². The van der Waals surface area contributed by atoms with Gasteiger partial charge in [0, 0.05) is 7.05 Å². The van der Waals surface area contributed by atoms with E-state index in [9.17, 15) is 13.2 Å². The molecule has 0 spiro atoms. The van der Waals surface area contributed by atoms with Crippen molar-refractivity contribution in [2.45, 2.75) is 18.0 Å². The molecule has 0 saturated heterocycles. The smallest absolute Gasteiger partial charge is 0.261 e. The number of carbonyl (C=O) groups is 1. The molecule has 0 fully saturated rings. The van der Waals surface area contributed by atoms with E-state index >= 15 is 0 Å². The zero-order chi connectivity index (χ0) is 12.5. The lowest BCUT2D eigenvalue weighted by Gasteiger charge is -2.09. The van der Waals surface area contributed by atoms with Crippen molar-refractivity contribution in [3.05, 3.63) is 11.5 Å². The summed E-state index contributed by atoms with van der Waals surface area (Å²) in [5, 5.41) is -0.367. The molecule has 1 unspecified atom stereocenters. The Bertz CT molecular complexity index is 510. The maximum atomic E-state index is 11.7. The molecule has 7 nitrogen and oxygen atoms in total. The number of imidazole rings is 1. The monoisotopic (exact) mass is 266 g/mol. The van der Waals surface area contributed by atoms with Crippen molar-refractivity contribution < 1.29 is 13.2 Å². The van der Waals surface area contributed by atoms with E-state index in [-0.39, 0.29) is 10.2 Å². The van der Waals surface area contributed by atoms with Crippen LogP contribution >= 0.6 is 11.6 Å². The Balaban J connectivity index is 3.04. The maximum absolute atomic E-state index is 11.7. The number of nitrogens with two attached hydrogens (primary N) is 1. The molecule has 1 amide bonds. The van der Waals surface area contributed by atoms with Gasteiger partial charge in [-0.15, -0.1) is 0 Å². The zero-order valence-electron chi connectivity index (χ0n) is 8.64. The topological polar surface area (TPSA) is 107 Å². The highest BCUT2D eigenvalue weighted by molar-refractivity contribution is 7.89. The summed E-state index contributed by atoms with van der Waals surface area (Å²) in [6.07, 6.45) is 1.26. The summed E-state index contributed by atoms with van der Waals surface area (Å²) < 4.78 is 26.8. The van der Waals surface area contributed by atoms with Gasteiger partial charge in [0.15, 0.2) is 0 Å². The Morgan fingerprint density at radius 2 is 2.25 bits per heavy atom. The number of hydrogen-bond donors (Lipinski definition) is 2. The molecular formula is C7H11ClN4O3S. The van der Waals surface area contributed by atoms with Crippen LogP contribution in [-0.4, -0.2) is 29.9 Å². The lowest BCUT2D eigenvalue weighted by Crippen LogP contribution is -2.42. The number of nitrogens with zero attached hydrogens (tertiary/aromatic N) is 2. The van der Waals surface area contributed by atoms with Crippen molar-refractivity contribution in [3.8, 4) is 0 Å². The summed E-state index contributed by atoms with van der Waals surface area (Å²) in [7, 11) is -2.38. The van der Waals surface area contributed by atoms with Crippen LogP contribution in [0.2, 0.25) is 5.15 Å². The SMILES string of the molecule is CC(NS(=O)(=O)c1ncn(C)c1Cl)C(N)=O. The number of primary amides is 1. The fraction of sp³-hybridized carbons (Fsp3) is 0.429. The third kappa shape index (κ3) is 2.52. The number of sulfonamides is 1. The van der Waals surface area contributed by atoms with Gasteiger partial charge in [-0.05, 0) is 6.92 Å². The molecule has 16 heavy (non-hydrogen) atoms. The first kappa shape index (κ1) is 12.9. The Morgan fingerprint density at radius 3 is 2.62 bits per heavy atom. The highest BCUT2D eigenvalue weighted by Crippen LogP contribution is 2.18. The maximum Gasteiger partial charge on any atom is 0.261 e. The Morgan fingerprint density at radius 1 is 1.69 bits per heavy atom. The van der Waals surface area contributed by atoms with E-state index in [0.29, 0.717) is 0 Å². The largest absolute Gasteiger partial charge is 0.368 e. The average molecular weight is 267 g/mol. The van der Waals surface area contributed by atoms with Crippen LogP contribution in [0.1, 0.15) is 6.92 Å². The molecule has 0 aliphatic carbocycles. The van der Waals surface area contributed by atoms with Crippen molar-refractivity contribution in [2.75, 3.05) is 0 Å². The van der Waals surface area contributed by atoms with E-state index < -0.39 is 22.0 Å². The first-order chi connectivity index (χ1) is 7.25. The van der Waals surface area contributed by atoms with Gasteiger partial charge in [-0.3, -0.25) is 4.79 Å². The van der Waals surface area contributed by atoms with Crippen molar-refractivity contribution in [1.29, 1.82) is 0 Å². The molecule has 0 aromatic carbocycles. The third-order valence-electron chi connectivity index (χ3n) is 1.85. The van der Waals surface area contributed by atoms with Gasteiger partial charge in [-0.1, -0.05) is 11.6 Å². The Labute approximate surface area is 97.6 Å². The van der Waals surface area contributed by atoms with E-state index in [4.69, 9.17) is 17.3 Å². The summed E-state index contributed by atoms with van der Waals surface area (Å²) in [4.78, 5) is 14.4. The molecule has 1 heterocycles. The first-order valence-electron chi connectivity index (χ1n) is 4.24. The average Bonchev–Trinajstić information content (AvgIpc) is 2.47. The number of halogens is 1. The first-order valence-corrected chi connectivity index (χ1v) is 6.10. The van der Waals surface area contributed by atoms with E-state index in [1.54, 1.807) is 7.05 Å². The molecule has 0 radical (unpaired) electrons. The minimum atomic E-state index is -3.93. The molecule has 0 aliphatic heterocycles. The highest BCUT2D eigenvalue weighted by atomic mass is 35.5. The second-order valence-corrected chi connectivity index (χ2v) is 5.18. The zero-order valence-corrected chi connectivity index (χ0v) is 10.2. The number of carbonyl (C=O) groups excluding carboxylic acids is 1. The van der Waals surface area contributed by atoms with Crippen molar-refractivity contribution in [1.82, 2.24) is 14.3 Å². The second-order valence-electron chi connectivity index (χ2n) is 3.20. The van der Waals surface area contributed by atoms with Gasteiger partial charge in [0.2, 0.25) is 10.9 Å². The van der Waals surface area contributed by atoms with Gasteiger partial charge in [-0.2, -0.15) is 4.72 Å². The lowest BCUT2D eigenvalue weighted by molar-refractivity contribution is -0.119. The molecule has 90 valence electrons. The van der Waals surface area contributed by atoms with Crippen molar-refractivity contribution in [3.63, 3.8) is 0 Å². The van der Waals surface area contributed by atoms with Gasteiger partial charge < -0.3 is 10.3 Å². The van der Waals surface area contributed by atoms with E-state index in [0.717, 1.165) is 0 Å². The van der Waals surface area contributed by atoms with Crippen LogP contribution in [0.4, 0.5) is 0 Å². The summed E-state index contributed by atoms with van der Waals surface area (Å²) in [6, 6.07) is -1.02. The molecule has 1 aromatic heterocycles.